The highest BCUT2D eigenvalue weighted by atomic mass is 15.1. The second kappa shape index (κ2) is 15.0. The SMILES string of the molecule is N#Cc1ccccc1/C(=C/c1ccc(-c2c3ccccc3c(-c3ccc(N(C4=CC=CCC4)c4ccccc4)cc3)c3ccccc23)cc1)c1ccccc1. The van der Waals surface area contributed by atoms with Gasteiger partial charge in [0, 0.05) is 22.6 Å². The predicted molar refractivity (Wildman–Crippen MR) is 232 cm³/mol. The van der Waals surface area contributed by atoms with Gasteiger partial charge in [0.15, 0.2) is 0 Å². The lowest BCUT2D eigenvalue weighted by molar-refractivity contribution is 0.918. The molecule has 0 heterocycles. The lowest BCUT2D eigenvalue weighted by Crippen LogP contribution is -2.17. The number of nitriles is 1. The number of hydrogen-bond donors (Lipinski definition) is 0. The minimum atomic E-state index is 0.662. The van der Waals surface area contributed by atoms with Crippen LogP contribution in [-0.4, -0.2) is 0 Å². The standard InChI is InChI=1S/C53H38N2/c54-37-42-18-10-11-23-46(42)51(39-16-4-1-5-17-39)36-38-28-30-40(31-29-38)52-47-24-12-14-26-49(47)53(50-27-15-13-25-48(50)52)41-32-34-45(35-33-41)55(43-19-6-2-7-20-43)44-21-8-3-9-22-44/h1-8,10-21,23-36H,9,22H2/b51-36+. The van der Waals surface area contributed by atoms with Crippen LogP contribution in [0.25, 0.3) is 55.4 Å². The summed E-state index contributed by atoms with van der Waals surface area (Å²) in [5.41, 5.74) is 13.2. The van der Waals surface area contributed by atoms with E-state index in [1.165, 1.54) is 55.2 Å². The van der Waals surface area contributed by atoms with E-state index in [4.69, 9.17) is 0 Å². The third kappa shape index (κ3) is 6.54. The lowest BCUT2D eigenvalue weighted by Gasteiger charge is -2.29. The molecule has 0 amide bonds. The van der Waals surface area contributed by atoms with Gasteiger partial charge in [0.05, 0.1) is 11.6 Å². The summed E-state index contributed by atoms with van der Waals surface area (Å²) in [5.74, 6) is 0. The molecule has 8 aromatic carbocycles. The zero-order chi connectivity index (χ0) is 37.0. The van der Waals surface area contributed by atoms with E-state index in [-0.39, 0.29) is 0 Å². The highest BCUT2D eigenvalue weighted by Gasteiger charge is 2.19. The molecule has 0 aliphatic heterocycles. The molecule has 260 valence electrons. The molecule has 0 unspecified atom stereocenters. The first-order chi connectivity index (χ1) is 27.3. The van der Waals surface area contributed by atoms with E-state index in [9.17, 15) is 5.26 Å². The Balaban J connectivity index is 1.14. The second-order valence-electron chi connectivity index (χ2n) is 13.9. The normalized spacial score (nSPS) is 12.7. The Morgan fingerprint density at radius 2 is 1.04 bits per heavy atom. The van der Waals surface area contributed by atoms with Gasteiger partial charge in [-0.1, -0.05) is 164 Å². The van der Waals surface area contributed by atoms with Gasteiger partial charge in [0.25, 0.3) is 0 Å². The molecule has 0 bridgehead atoms. The molecule has 0 saturated heterocycles. The van der Waals surface area contributed by atoms with Crippen LogP contribution >= 0.6 is 0 Å². The van der Waals surface area contributed by atoms with E-state index >= 15 is 0 Å². The fourth-order valence-corrected chi connectivity index (χ4v) is 8.02. The van der Waals surface area contributed by atoms with Gasteiger partial charge in [0.1, 0.15) is 0 Å². The van der Waals surface area contributed by atoms with Crippen molar-refractivity contribution in [2.24, 2.45) is 0 Å². The Hall–Kier alpha value is -7.21. The molecule has 0 spiro atoms. The van der Waals surface area contributed by atoms with Gasteiger partial charge >= 0.3 is 0 Å². The monoisotopic (exact) mass is 702 g/mol. The lowest BCUT2D eigenvalue weighted by atomic mass is 9.85. The molecule has 1 aliphatic carbocycles. The molecular weight excluding hydrogens is 665 g/mol. The molecule has 0 aromatic heterocycles. The van der Waals surface area contributed by atoms with E-state index < -0.39 is 0 Å². The molecule has 9 rings (SSSR count). The minimum absolute atomic E-state index is 0.662. The zero-order valence-electron chi connectivity index (χ0n) is 30.4. The van der Waals surface area contributed by atoms with Crippen LogP contribution in [0.2, 0.25) is 0 Å². The van der Waals surface area contributed by atoms with Crippen molar-refractivity contribution in [3.63, 3.8) is 0 Å². The molecule has 0 fully saturated rings. The van der Waals surface area contributed by atoms with Crippen LogP contribution in [0.3, 0.4) is 0 Å². The van der Waals surface area contributed by atoms with Crippen molar-refractivity contribution >= 4 is 44.6 Å². The third-order valence-corrected chi connectivity index (χ3v) is 10.6. The van der Waals surface area contributed by atoms with Crippen molar-refractivity contribution in [2.75, 3.05) is 4.90 Å². The van der Waals surface area contributed by atoms with Crippen LogP contribution in [0.1, 0.15) is 35.1 Å². The summed E-state index contributed by atoms with van der Waals surface area (Å²) < 4.78 is 0. The van der Waals surface area contributed by atoms with Crippen LogP contribution in [0, 0.1) is 11.3 Å². The van der Waals surface area contributed by atoms with Crippen molar-refractivity contribution in [1.29, 1.82) is 5.26 Å². The molecule has 55 heavy (non-hydrogen) atoms. The first-order valence-electron chi connectivity index (χ1n) is 18.9. The topological polar surface area (TPSA) is 27.0 Å². The van der Waals surface area contributed by atoms with Crippen molar-refractivity contribution in [3.05, 3.63) is 228 Å². The van der Waals surface area contributed by atoms with E-state index in [0.29, 0.717) is 5.56 Å². The second-order valence-corrected chi connectivity index (χ2v) is 13.9. The number of anilines is 2. The number of fused-ring (bicyclic) bond motifs is 2. The van der Waals surface area contributed by atoms with Crippen molar-refractivity contribution in [1.82, 2.24) is 0 Å². The highest BCUT2D eigenvalue weighted by molar-refractivity contribution is 6.21. The third-order valence-electron chi connectivity index (χ3n) is 10.6. The van der Waals surface area contributed by atoms with Gasteiger partial charge in [-0.25, -0.2) is 0 Å². The van der Waals surface area contributed by atoms with Crippen molar-refractivity contribution < 1.29 is 0 Å². The first-order valence-corrected chi connectivity index (χ1v) is 18.9. The van der Waals surface area contributed by atoms with Crippen LogP contribution in [-0.2, 0) is 0 Å². The molecule has 0 saturated carbocycles. The smallest absolute Gasteiger partial charge is 0.0998 e. The number of benzene rings is 8. The molecular formula is C53H38N2. The quantitative estimate of drug-likeness (QED) is 0.116. The molecule has 0 atom stereocenters. The molecule has 1 aliphatic rings. The molecule has 0 radical (unpaired) electrons. The van der Waals surface area contributed by atoms with Gasteiger partial charge in [-0.15, -0.1) is 0 Å². The predicted octanol–water partition coefficient (Wildman–Crippen LogP) is 14.2. The summed E-state index contributed by atoms with van der Waals surface area (Å²) in [6, 6.07) is 66.8. The number of hydrogen-bond acceptors (Lipinski definition) is 2. The summed E-state index contributed by atoms with van der Waals surface area (Å²) in [7, 11) is 0. The maximum atomic E-state index is 9.95. The largest absolute Gasteiger partial charge is 0.314 e. The Kier molecular flexibility index (Phi) is 9.19. The van der Waals surface area contributed by atoms with Crippen LogP contribution in [0.4, 0.5) is 11.4 Å². The average Bonchev–Trinajstić information content (AvgIpc) is 3.26. The summed E-state index contributed by atoms with van der Waals surface area (Å²) in [6.07, 6.45) is 10.9. The maximum Gasteiger partial charge on any atom is 0.0998 e. The van der Waals surface area contributed by atoms with E-state index in [0.717, 1.165) is 40.8 Å². The fraction of sp³-hybridized carbons (Fsp3) is 0.0377. The summed E-state index contributed by atoms with van der Waals surface area (Å²) >= 11 is 0. The number of para-hydroxylation sites is 1. The Morgan fingerprint density at radius 1 is 0.527 bits per heavy atom. The van der Waals surface area contributed by atoms with Crippen molar-refractivity contribution in [2.45, 2.75) is 12.8 Å². The van der Waals surface area contributed by atoms with Crippen molar-refractivity contribution in [3.8, 4) is 28.3 Å². The van der Waals surface area contributed by atoms with E-state index in [1.807, 2.05) is 42.5 Å². The Morgan fingerprint density at radius 3 is 1.60 bits per heavy atom. The van der Waals surface area contributed by atoms with Gasteiger partial charge < -0.3 is 4.90 Å². The zero-order valence-corrected chi connectivity index (χ0v) is 30.4. The van der Waals surface area contributed by atoms with Gasteiger partial charge in [-0.2, -0.15) is 5.26 Å². The van der Waals surface area contributed by atoms with Crippen LogP contribution in [0.15, 0.2) is 206 Å². The average molecular weight is 703 g/mol. The van der Waals surface area contributed by atoms with Gasteiger partial charge in [-0.3, -0.25) is 0 Å². The van der Waals surface area contributed by atoms with Gasteiger partial charge in [0.2, 0.25) is 0 Å². The number of allylic oxidation sites excluding steroid dienone is 4. The first kappa shape index (κ1) is 33.6. The van der Waals surface area contributed by atoms with Crippen LogP contribution < -0.4 is 4.90 Å². The highest BCUT2D eigenvalue weighted by Crippen LogP contribution is 2.44. The molecule has 0 N–H and O–H groups in total. The van der Waals surface area contributed by atoms with Crippen LogP contribution in [0.5, 0.6) is 0 Å². The van der Waals surface area contributed by atoms with E-state index in [1.54, 1.807) is 0 Å². The Labute approximate surface area is 322 Å². The Bertz CT molecular complexity index is 2730. The maximum absolute atomic E-state index is 9.95. The summed E-state index contributed by atoms with van der Waals surface area (Å²) in [4.78, 5) is 2.39. The van der Waals surface area contributed by atoms with E-state index in [2.05, 4.69) is 175 Å². The summed E-state index contributed by atoms with van der Waals surface area (Å²) in [5, 5.41) is 14.9. The number of nitrogens with zero attached hydrogens (tertiary/aromatic N) is 2. The summed E-state index contributed by atoms with van der Waals surface area (Å²) in [6.45, 7) is 0. The van der Waals surface area contributed by atoms with Gasteiger partial charge in [-0.05, 0) is 116 Å². The molecule has 8 aromatic rings. The molecule has 2 heteroatoms. The minimum Gasteiger partial charge on any atom is -0.314 e. The number of rotatable bonds is 8. The molecule has 2 nitrogen and oxygen atoms in total. The fourth-order valence-electron chi connectivity index (χ4n) is 8.02.